The summed E-state index contributed by atoms with van der Waals surface area (Å²) in [6, 6.07) is 5.66. The van der Waals surface area contributed by atoms with E-state index in [1.165, 1.54) is 0 Å². The van der Waals surface area contributed by atoms with Crippen molar-refractivity contribution in [1.82, 2.24) is 0 Å². The zero-order valence-corrected chi connectivity index (χ0v) is 9.74. The third kappa shape index (κ3) is 3.41. The van der Waals surface area contributed by atoms with Gasteiger partial charge in [0.2, 0.25) is 0 Å². The molecule has 0 amide bonds. The van der Waals surface area contributed by atoms with Crippen molar-refractivity contribution in [2.24, 2.45) is 0 Å². The first-order valence-electron chi connectivity index (χ1n) is 3.93. The van der Waals surface area contributed by atoms with E-state index in [0.717, 1.165) is 27.3 Å². The summed E-state index contributed by atoms with van der Waals surface area (Å²) in [5.74, 6) is 0. The summed E-state index contributed by atoms with van der Waals surface area (Å²) in [5.41, 5.74) is 2.13. The number of hydrogen-bond donors (Lipinski definition) is 1. The highest BCUT2D eigenvalue weighted by atomic mass is 79.9. The molecular formula is C10H11BrClN. The number of nitrogens with one attached hydrogen (secondary N) is 1. The van der Waals surface area contributed by atoms with Gasteiger partial charge in [0.1, 0.15) is 0 Å². The number of halogens is 2. The molecule has 1 rings (SSSR count). The van der Waals surface area contributed by atoms with Crippen LogP contribution in [-0.2, 0) is 0 Å². The van der Waals surface area contributed by atoms with Crippen LogP contribution < -0.4 is 5.32 Å². The SMILES string of the molecule is C=C(C)CNc1ccc(Cl)cc1Br. The van der Waals surface area contributed by atoms with Crippen molar-refractivity contribution in [3.05, 3.63) is 39.8 Å². The second-order valence-corrected chi connectivity index (χ2v) is 4.23. The largest absolute Gasteiger partial charge is 0.380 e. The zero-order chi connectivity index (χ0) is 9.84. The maximum atomic E-state index is 5.80. The van der Waals surface area contributed by atoms with Crippen LogP contribution in [0.25, 0.3) is 0 Å². The lowest BCUT2D eigenvalue weighted by atomic mass is 10.3. The predicted molar refractivity (Wildman–Crippen MR) is 62.5 cm³/mol. The van der Waals surface area contributed by atoms with Crippen molar-refractivity contribution in [3.8, 4) is 0 Å². The van der Waals surface area contributed by atoms with Gasteiger partial charge in [0.25, 0.3) is 0 Å². The monoisotopic (exact) mass is 259 g/mol. The van der Waals surface area contributed by atoms with Gasteiger partial charge in [0, 0.05) is 21.7 Å². The van der Waals surface area contributed by atoms with E-state index in [2.05, 4.69) is 27.8 Å². The molecule has 0 unspecified atom stereocenters. The van der Waals surface area contributed by atoms with Crippen LogP contribution in [0.15, 0.2) is 34.8 Å². The standard InChI is InChI=1S/C10H11BrClN/c1-7(2)6-13-10-4-3-8(12)5-9(10)11/h3-5,13H,1,6H2,2H3. The topological polar surface area (TPSA) is 12.0 Å². The molecular weight excluding hydrogens is 249 g/mol. The molecule has 0 atom stereocenters. The van der Waals surface area contributed by atoms with Crippen LogP contribution in [0.2, 0.25) is 5.02 Å². The Kier molecular flexibility index (Phi) is 3.82. The van der Waals surface area contributed by atoms with E-state index in [-0.39, 0.29) is 0 Å². The van der Waals surface area contributed by atoms with Gasteiger partial charge in [-0.15, -0.1) is 0 Å². The Bertz CT molecular complexity index is 323. The lowest BCUT2D eigenvalue weighted by Gasteiger charge is -2.07. The van der Waals surface area contributed by atoms with E-state index in [0.29, 0.717) is 0 Å². The highest BCUT2D eigenvalue weighted by Crippen LogP contribution is 2.25. The second-order valence-electron chi connectivity index (χ2n) is 2.93. The average Bonchev–Trinajstić information content (AvgIpc) is 2.02. The van der Waals surface area contributed by atoms with Gasteiger partial charge in [-0.2, -0.15) is 0 Å². The summed E-state index contributed by atoms with van der Waals surface area (Å²) < 4.78 is 0.973. The number of benzene rings is 1. The summed E-state index contributed by atoms with van der Waals surface area (Å²) in [6.45, 7) is 6.57. The van der Waals surface area contributed by atoms with Crippen molar-refractivity contribution >= 4 is 33.2 Å². The maximum absolute atomic E-state index is 5.80. The molecule has 1 aromatic carbocycles. The lowest BCUT2D eigenvalue weighted by Crippen LogP contribution is -2.02. The Balaban J connectivity index is 2.72. The van der Waals surface area contributed by atoms with Crippen molar-refractivity contribution in [2.45, 2.75) is 6.92 Å². The Morgan fingerprint density at radius 3 is 2.85 bits per heavy atom. The Morgan fingerprint density at radius 1 is 1.62 bits per heavy atom. The van der Waals surface area contributed by atoms with Crippen LogP contribution >= 0.6 is 27.5 Å². The summed E-state index contributed by atoms with van der Waals surface area (Å²) in [7, 11) is 0. The van der Waals surface area contributed by atoms with Gasteiger partial charge < -0.3 is 5.32 Å². The van der Waals surface area contributed by atoms with E-state index in [1.807, 2.05) is 25.1 Å². The molecule has 13 heavy (non-hydrogen) atoms. The normalized spacial score (nSPS) is 9.77. The maximum Gasteiger partial charge on any atom is 0.0488 e. The van der Waals surface area contributed by atoms with Gasteiger partial charge in [-0.05, 0) is 41.1 Å². The van der Waals surface area contributed by atoms with Crippen LogP contribution in [0.1, 0.15) is 6.92 Å². The van der Waals surface area contributed by atoms with Gasteiger partial charge >= 0.3 is 0 Å². The lowest BCUT2D eigenvalue weighted by molar-refractivity contribution is 1.21. The molecule has 1 aromatic rings. The van der Waals surface area contributed by atoms with E-state index in [4.69, 9.17) is 11.6 Å². The Labute approximate surface area is 91.9 Å². The molecule has 0 heterocycles. The fourth-order valence-corrected chi connectivity index (χ4v) is 1.70. The summed E-state index contributed by atoms with van der Waals surface area (Å²) in [5, 5.41) is 3.96. The van der Waals surface area contributed by atoms with Crippen LogP contribution in [0.3, 0.4) is 0 Å². The zero-order valence-electron chi connectivity index (χ0n) is 7.40. The molecule has 0 bridgehead atoms. The molecule has 0 saturated heterocycles. The van der Waals surface area contributed by atoms with E-state index < -0.39 is 0 Å². The molecule has 0 saturated carbocycles. The molecule has 3 heteroatoms. The third-order valence-corrected chi connectivity index (χ3v) is 2.40. The fourth-order valence-electron chi connectivity index (χ4n) is 0.879. The Hall–Kier alpha value is -0.470. The molecule has 1 nitrogen and oxygen atoms in total. The van der Waals surface area contributed by atoms with Crippen molar-refractivity contribution < 1.29 is 0 Å². The highest BCUT2D eigenvalue weighted by Gasteiger charge is 1.98. The molecule has 70 valence electrons. The van der Waals surface area contributed by atoms with Crippen LogP contribution in [-0.4, -0.2) is 6.54 Å². The quantitative estimate of drug-likeness (QED) is 0.807. The van der Waals surface area contributed by atoms with Crippen LogP contribution in [0.4, 0.5) is 5.69 Å². The number of anilines is 1. The van der Waals surface area contributed by atoms with Gasteiger partial charge in [-0.1, -0.05) is 23.8 Å². The first-order valence-corrected chi connectivity index (χ1v) is 5.10. The fraction of sp³-hybridized carbons (Fsp3) is 0.200. The minimum absolute atomic E-state index is 0.729. The second kappa shape index (κ2) is 4.68. The smallest absolute Gasteiger partial charge is 0.0488 e. The summed E-state index contributed by atoms with van der Waals surface area (Å²) in [6.07, 6.45) is 0. The first kappa shape index (κ1) is 10.6. The van der Waals surface area contributed by atoms with E-state index in [1.54, 1.807) is 0 Å². The minimum atomic E-state index is 0.729. The van der Waals surface area contributed by atoms with Crippen molar-refractivity contribution in [3.63, 3.8) is 0 Å². The van der Waals surface area contributed by atoms with Crippen molar-refractivity contribution in [2.75, 3.05) is 11.9 Å². The number of hydrogen-bond acceptors (Lipinski definition) is 1. The van der Waals surface area contributed by atoms with Crippen LogP contribution in [0.5, 0.6) is 0 Å². The first-order chi connectivity index (χ1) is 6.09. The third-order valence-electron chi connectivity index (χ3n) is 1.51. The van der Waals surface area contributed by atoms with Crippen LogP contribution in [0, 0.1) is 0 Å². The Morgan fingerprint density at radius 2 is 2.31 bits per heavy atom. The molecule has 0 spiro atoms. The molecule has 0 radical (unpaired) electrons. The molecule has 1 N–H and O–H groups in total. The molecule has 0 aliphatic carbocycles. The average molecular weight is 261 g/mol. The number of rotatable bonds is 3. The molecule has 0 aliphatic rings. The molecule has 0 aromatic heterocycles. The minimum Gasteiger partial charge on any atom is -0.380 e. The molecule has 0 fully saturated rings. The highest BCUT2D eigenvalue weighted by molar-refractivity contribution is 9.10. The van der Waals surface area contributed by atoms with Gasteiger partial charge in [-0.25, -0.2) is 0 Å². The van der Waals surface area contributed by atoms with E-state index in [9.17, 15) is 0 Å². The predicted octanol–water partition coefficient (Wildman–Crippen LogP) is 4.09. The molecule has 0 aliphatic heterocycles. The summed E-state index contributed by atoms with van der Waals surface area (Å²) >= 11 is 9.22. The van der Waals surface area contributed by atoms with E-state index >= 15 is 0 Å². The van der Waals surface area contributed by atoms with Gasteiger partial charge in [0.05, 0.1) is 0 Å². The van der Waals surface area contributed by atoms with Crippen molar-refractivity contribution in [1.29, 1.82) is 0 Å². The van der Waals surface area contributed by atoms with Gasteiger partial charge in [0.15, 0.2) is 0 Å². The van der Waals surface area contributed by atoms with Gasteiger partial charge in [-0.3, -0.25) is 0 Å². The summed E-state index contributed by atoms with van der Waals surface area (Å²) in [4.78, 5) is 0.